The first-order chi connectivity index (χ1) is 24.9. The third kappa shape index (κ3) is 34.9. The van der Waals surface area contributed by atoms with Crippen molar-refractivity contribution in [2.75, 3.05) is 54.3 Å². The number of unbranched alkanes of at least 4 members (excludes halogenated alkanes) is 21. The molecule has 0 atom stereocenters. The van der Waals surface area contributed by atoms with Crippen LogP contribution < -0.4 is 0 Å². The molecule has 9 heteroatoms. The molecule has 0 aliphatic carbocycles. The minimum atomic E-state index is -0.756. The molecule has 0 aliphatic heterocycles. The summed E-state index contributed by atoms with van der Waals surface area (Å²) in [7, 11) is 0. The summed E-state index contributed by atoms with van der Waals surface area (Å²) in [5.41, 5.74) is -0.756. The summed E-state index contributed by atoms with van der Waals surface area (Å²) in [6, 6.07) is 0. The lowest BCUT2D eigenvalue weighted by Gasteiger charge is -2.31. The lowest BCUT2D eigenvalue weighted by Crippen LogP contribution is -2.39. The first-order valence-electron chi connectivity index (χ1n) is 21.1. The molecule has 0 aromatic rings. The van der Waals surface area contributed by atoms with E-state index in [0.29, 0.717) is 23.7 Å². The Morgan fingerprint density at radius 1 is 0.373 bits per heavy atom. The highest BCUT2D eigenvalue weighted by Crippen LogP contribution is 2.26. The van der Waals surface area contributed by atoms with Crippen molar-refractivity contribution < 1.29 is 28.6 Å². The highest BCUT2D eigenvalue weighted by atomic mass is 32.2. The van der Waals surface area contributed by atoms with E-state index in [4.69, 9.17) is 14.2 Å². The summed E-state index contributed by atoms with van der Waals surface area (Å²) in [5.74, 6) is 2.97. The van der Waals surface area contributed by atoms with Gasteiger partial charge in [-0.1, -0.05) is 163 Å². The fraction of sp³-hybridized carbons (Fsp3) is 0.929. The van der Waals surface area contributed by atoms with Crippen LogP contribution in [0.3, 0.4) is 0 Å². The van der Waals surface area contributed by atoms with Crippen molar-refractivity contribution in [3.05, 3.63) is 0 Å². The average molecular weight is 777 g/mol. The fourth-order valence-corrected chi connectivity index (χ4v) is 8.15. The normalized spacial score (nSPS) is 11.5. The van der Waals surface area contributed by atoms with Gasteiger partial charge in [0.05, 0.1) is 22.7 Å². The standard InChI is InChI=1S/C42H80O6S3/c1-5-9-12-15-18-21-24-27-30-49-33-39(43)46-36-42(8-4,37-47-40(44)34-50-31-28-25-22-19-16-13-10-6-2)38-48-41(45)35-51-32-29-26-23-20-17-14-11-7-3/h5-38H2,1-4H3. The molecule has 0 rings (SSSR count). The van der Waals surface area contributed by atoms with Crippen LogP contribution in [0.2, 0.25) is 0 Å². The second-order valence-electron chi connectivity index (χ2n) is 14.4. The Hall–Kier alpha value is -0.540. The predicted molar refractivity (Wildman–Crippen MR) is 225 cm³/mol. The van der Waals surface area contributed by atoms with E-state index in [0.717, 1.165) is 36.5 Å². The molecule has 0 aromatic heterocycles. The molecule has 0 N–H and O–H groups in total. The molecule has 0 saturated heterocycles. The maximum absolute atomic E-state index is 12.7. The highest BCUT2D eigenvalue weighted by Gasteiger charge is 2.34. The summed E-state index contributed by atoms with van der Waals surface area (Å²) in [4.78, 5) is 38.0. The Morgan fingerprint density at radius 3 is 0.843 bits per heavy atom. The minimum Gasteiger partial charge on any atom is -0.464 e. The smallest absolute Gasteiger partial charge is 0.315 e. The van der Waals surface area contributed by atoms with Crippen LogP contribution in [0.1, 0.15) is 188 Å². The van der Waals surface area contributed by atoms with Gasteiger partial charge in [-0.25, -0.2) is 0 Å². The Balaban J connectivity index is 4.62. The summed E-state index contributed by atoms with van der Waals surface area (Å²) in [6.07, 6.45) is 31.1. The van der Waals surface area contributed by atoms with E-state index in [2.05, 4.69) is 20.8 Å². The van der Waals surface area contributed by atoms with Crippen LogP contribution in [-0.4, -0.2) is 72.2 Å². The molecule has 0 unspecified atom stereocenters. The van der Waals surface area contributed by atoms with Gasteiger partial charge in [0, 0.05) is 0 Å². The lowest BCUT2D eigenvalue weighted by atomic mass is 9.88. The van der Waals surface area contributed by atoms with Gasteiger partial charge in [-0.05, 0) is 42.9 Å². The molecule has 0 amide bonds. The predicted octanol–water partition coefficient (Wildman–Crippen LogP) is 12.6. The number of carbonyl (C=O) groups excluding carboxylic acids is 3. The summed E-state index contributed by atoms with van der Waals surface area (Å²) in [6.45, 7) is 8.91. The van der Waals surface area contributed by atoms with Gasteiger partial charge in [-0.15, -0.1) is 0 Å². The topological polar surface area (TPSA) is 78.9 Å². The molecule has 0 spiro atoms. The summed E-state index contributed by atoms with van der Waals surface area (Å²) < 4.78 is 17.2. The van der Waals surface area contributed by atoms with Crippen molar-refractivity contribution >= 4 is 53.2 Å². The average Bonchev–Trinajstić information content (AvgIpc) is 3.13. The van der Waals surface area contributed by atoms with E-state index in [1.807, 2.05) is 6.92 Å². The van der Waals surface area contributed by atoms with Gasteiger partial charge in [0.1, 0.15) is 19.8 Å². The number of ether oxygens (including phenoxy) is 3. The molecule has 0 fully saturated rings. The monoisotopic (exact) mass is 777 g/mol. The zero-order chi connectivity index (χ0) is 37.5. The largest absolute Gasteiger partial charge is 0.464 e. The number of esters is 3. The quantitative estimate of drug-likeness (QED) is 0.0343. The Labute approximate surface area is 328 Å². The highest BCUT2D eigenvalue weighted by molar-refractivity contribution is 8.00. The summed E-state index contributed by atoms with van der Waals surface area (Å²) in [5, 5.41) is 0. The van der Waals surface area contributed by atoms with Crippen LogP contribution in [0.25, 0.3) is 0 Å². The fourth-order valence-electron chi connectivity index (χ4n) is 5.74. The van der Waals surface area contributed by atoms with E-state index in [9.17, 15) is 14.4 Å². The van der Waals surface area contributed by atoms with Gasteiger partial charge in [-0.3, -0.25) is 14.4 Å². The molecular formula is C42H80O6S3. The van der Waals surface area contributed by atoms with Crippen molar-refractivity contribution in [3.8, 4) is 0 Å². The van der Waals surface area contributed by atoms with E-state index < -0.39 is 5.41 Å². The van der Waals surface area contributed by atoms with Gasteiger partial charge in [0.25, 0.3) is 0 Å². The van der Waals surface area contributed by atoms with Crippen molar-refractivity contribution in [1.29, 1.82) is 0 Å². The third-order valence-corrected chi connectivity index (χ3v) is 12.5. The molecule has 0 heterocycles. The lowest BCUT2D eigenvalue weighted by molar-refractivity contribution is -0.158. The number of rotatable bonds is 40. The van der Waals surface area contributed by atoms with Crippen molar-refractivity contribution in [2.24, 2.45) is 5.41 Å². The van der Waals surface area contributed by atoms with Crippen molar-refractivity contribution in [2.45, 2.75) is 188 Å². The van der Waals surface area contributed by atoms with Gasteiger partial charge < -0.3 is 14.2 Å². The van der Waals surface area contributed by atoms with Crippen LogP contribution >= 0.6 is 35.3 Å². The zero-order valence-electron chi connectivity index (χ0n) is 33.7. The van der Waals surface area contributed by atoms with Crippen LogP contribution in [0, 0.1) is 5.41 Å². The van der Waals surface area contributed by atoms with Crippen molar-refractivity contribution in [3.63, 3.8) is 0 Å². The minimum absolute atomic E-state index is 0.0675. The first kappa shape index (κ1) is 50.5. The SMILES string of the molecule is CCCCCCCCCCSCC(=O)OCC(CC)(COC(=O)CSCCCCCCCCCC)COC(=O)CSCCCCCCCCCC. The zero-order valence-corrected chi connectivity index (χ0v) is 36.2. The first-order valence-corrected chi connectivity index (χ1v) is 24.6. The molecular weight excluding hydrogens is 697 g/mol. The molecule has 6 nitrogen and oxygen atoms in total. The number of carbonyl (C=O) groups is 3. The Bertz CT molecular complexity index is 699. The maximum atomic E-state index is 12.7. The van der Waals surface area contributed by atoms with Crippen molar-refractivity contribution in [1.82, 2.24) is 0 Å². The Morgan fingerprint density at radius 2 is 0.608 bits per heavy atom. The van der Waals surface area contributed by atoms with Crippen LogP contribution in [-0.2, 0) is 28.6 Å². The van der Waals surface area contributed by atoms with E-state index in [-0.39, 0.29) is 37.7 Å². The Kier molecular flexibility index (Phi) is 38.7. The van der Waals surface area contributed by atoms with Gasteiger partial charge in [-0.2, -0.15) is 35.3 Å². The van der Waals surface area contributed by atoms with E-state index >= 15 is 0 Å². The second-order valence-corrected chi connectivity index (χ2v) is 17.7. The number of hydrogen-bond acceptors (Lipinski definition) is 9. The number of thioether (sulfide) groups is 3. The number of hydrogen-bond donors (Lipinski definition) is 0. The summed E-state index contributed by atoms with van der Waals surface area (Å²) >= 11 is 4.85. The molecule has 302 valence electrons. The van der Waals surface area contributed by atoms with Crippen LogP contribution in [0.15, 0.2) is 0 Å². The van der Waals surface area contributed by atoms with Gasteiger partial charge >= 0.3 is 17.9 Å². The molecule has 0 radical (unpaired) electrons. The van der Waals surface area contributed by atoms with E-state index in [1.54, 1.807) is 35.3 Å². The van der Waals surface area contributed by atoms with E-state index in [1.165, 1.54) is 135 Å². The van der Waals surface area contributed by atoms with Gasteiger partial charge in [0.15, 0.2) is 0 Å². The van der Waals surface area contributed by atoms with Gasteiger partial charge in [0.2, 0.25) is 0 Å². The van der Waals surface area contributed by atoms with Crippen LogP contribution in [0.4, 0.5) is 0 Å². The maximum Gasteiger partial charge on any atom is 0.315 e. The molecule has 0 aromatic carbocycles. The molecule has 0 aliphatic rings. The third-order valence-electron chi connectivity index (χ3n) is 9.45. The molecule has 0 saturated carbocycles. The molecule has 0 bridgehead atoms. The molecule has 51 heavy (non-hydrogen) atoms. The second kappa shape index (κ2) is 39.2. The van der Waals surface area contributed by atoms with Crippen LogP contribution in [0.5, 0.6) is 0 Å².